The molecule has 0 bridgehead atoms. The van der Waals surface area contributed by atoms with Gasteiger partial charge in [-0.15, -0.1) is 0 Å². The highest BCUT2D eigenvalue weighted by molar-refractivity contribution is 5.09. The Hall–Kier alpha value is -0.930. The Balaban J connectivity index is 1.91. The highest BCUT2D eigenvalue weighted by atomic mass is 15.1. The molecule has 1 fully saturated rings. The maximum absolute atomic E-state index is 6.22. The first kappa shape index (κ1) is 12.5. The molecule has 0 aliphatic heterocycles. The number of nitrogens with zero attached hydrogens (tertiary/aromatic N) is 2. The second-order valence-electron chi connectivity index (χ2n) is 5.68. The lowest BCUT2D eigenvalue weighted by atomic mass is 9.84. The van der Waals surface area contributed by atoms with Gasteiger partial charge in [-0.05, 0) is 43.0 Å². The number of pyridine rings is 1. The van der Waals surface area contributed by atoms with E-state index in [1.165, 1.54) is 24.8 Å². The maximum atomic E-state index is 6.22. The highest BCUT2D eigenvalue weighted by Gasteiger charge is 2.36. The summed E-state index contributed by atoms with van der Waals surface area (Å²) in [6.07, 6.45) is 7.42. The zero-order valence-corrected chi connectivity index (χ0v) is 10.9. The minimum absolute atomic E-state index is 0.293. The van der Waals surface area contributed by atoms with Crippen LogP contribution in [0.15, 0.2) is 24.5 Å². The molecule has 2 unspecified atom stereocenters. The van der Waals surface area contributed by atoms with E-state index in [0.29, 0.717) is 11.5 Å². The van der Waals surface area contributed by atoms with Crippen LogP contribution >= 0.6 is 0 Å². The summed E-state index contributed by atoms with van der Waals surface area (Å²) in [5, 5.41) is 0. The van der Waals surface area contributed by atoms with Crippen molar-refractivity contribution < 1.29 is 0 Å². The number of rotatable bonds is 4. The zero-order chi connectivity index (χ0) is 12.3. The zero-order valence-electron chi connectivity index (χ0n) is 10.9. The Labute approximate surface area is 104 Å². The summed E-state index contributed by atoms with van der Waals surface area (Å²) in [5.41, 5.74) is 7.83. The minimum atomic E-state index is 0.293. The summed E-state index contributed by atoms with van der Waals surface area (Å²) in [6, 6.07) is 4.52. The number of aromatic nitrogens is 1. The van der Waals surface area contributed by atoms with Gasteiger partial charge in [-0.3, -0.25) is 4.98 Å². The van der Waals surface area contributed by atoms with Crippen molar-refractivity contribution in [1.82, 2.24) is 9.88 Å². The third-order valence-corrected chi connectivity index (χ3v) is 3.99. The van der Waals surface area contributed by atoms with Crippen molar-refractivity contribution in [2.75, 3.05) is 13.6 Å². The Morgan fingerprint density at radius 1 is 1.47 bits per heavy atom. The van der Waals surface area contributed by atoms with Gasteiger partial charge >= 0.3 is 0 Å². The van der Waals surface area contributed by atoms with Gasteiger partial charge in [0.05, 0.1) is 0 Å². The van der Waals surface area contributed by atoms with Crippen LogP contribution in [0.5, 0.6) is 0 Å². The molecule has 0 saturated heterocycles. The first-order chi connectivity index (χ1) is 8.10. The molecule has 1 heterocycles. The number of nitrogens with two attached hydrogens (primary N) is 1. The molecule has 0 amide bonds. The molecule has 0 aromatic carbocycles. The van der Waals surface area contributed by atoms with Gasteiger partial charge < -0.3 is 10.6 Å². The predicted octanol–water partition coefficient (Wildman–Crippen LogP) is 2.03. The van der Waals surface area contributed by atoms with Crippen molar-refractivity contribution >= 4 is 0 Å². The summed E-state index contributed by atoms with van der Waals surface area (Å²) in [4.78, 5) is 6.42. The lowest BCUT2D eigenvalue weighted by Crippen LogP contribution is -2.42. The second kappa shape index (κ2) is 5.15. The predicted molar refractivity (Wildman–Crippen MR) is 70.5 cm³/mol. The van der Waals surface area contributed by atoms with Crippen molar-refractivity contribution in [3.63, 3.8) is 0 Å². The average molecular weight is 233 g/mol. The molecule has 1 aliphatic carbocycles. The second-order valence-corrected chi connectivity index (χ2v) is 5.68. The van der Waals surface area contributed by atoms with Crippen LogP contribution in [0.25, 0.3) is 0 Å². The van der Waals surface area contributed by atoms with Gasteiger partial charge in [-0.1, -0.05) is 13.3 Å². The molecule has 0 spiro atoms. The fraction of sp³-hybridized carbons (Fsp3) is 0.643. The van der Waals surface area contributed by atoms with Crippen LogP contribution in [0.4, 0.5) is 0 Å². The number of hydrogen-bond donors (Lipinski definition) is 1. The summed E-state index contributed by atoms with van der Waals surface area (Å²) < 4.78 is 0. The molecule has 94 valence electrons. The van der Waals surface area contributed by atoms with Gasteiger partial charge in [0.15, 0.2) is 0 Å². The van der Waals surface area contributed by atoms with Crippen LogP contribution < -0.4 is 5.73 Å². The molecule has 2 rings (SSSR count). The van der Waals surface area contributed by atoms with Crippen molar-refractivity contribution in [3.8, 4) is 0 Å². The van der Waals surface area contributed by atoms with Crippen LogP contribution in [0.2, 0.25) is 0 Å². The Morgan fingerprint density at radius 2 is 2.18 bits per heavy atom. The van der Waals surface area contributed by atoms with E-state index in [9.17, 15) is 0 Å². The lowest BCUT2D eigenvalue weighted by molar-refractivity contribution is 0.173. The van der Waals surface area contributed by atoms with Gasteiger partial charge in [0.25, 0.3) is 0 Å². The third-order valence-electron chi connectivity index (χ3n) is 3.99. The lowest BCUT2D eigenvalue weighted by Gasteiger charge is -2.33. The summed E-state index contributed by atoms with van der Waals surface area (Å²) in [7, 11) is 2.18. The van der Waals surface area contributed by atoms with E-state index in [2.05, 4.69) is 36.0 Å². The molecule has 17 heavy (non-hydrogen) atoms. The van der Waals surface area contributed by atoms with E-state index < -0.39 is 0 Å². The van der Waals surface area contributed by atoms with Crippen LogP contribution in [0.1, 0.15) is 31.7 Å². The molecule has 1 aromatic rings. The van der Waals surface area contributed by atoms with Crippen molar-refractivity contribution in [3.05, 3.63) is 30.1 Å². The van der Waals surface area contributed by atoms with E-state index in [0.717, 1.165) is 13.1 Å². The van der Waals surface area contributed by atoms with Gasteiger partial charge in [-0.25, -0.2) is 0 Å². The van der Waals surface area contributed by atoms with Crippen LogP contribution in [-0.4, -0.2) is 29.5 Å². The van der Waals surface area contributed by atoms with Gasteiger partial charge in [-0.2, -0.15) is 0 Å². The Bertz CT molecular complexity index is 352. The topological polar surface area (TPSA) is 42.2 Å². The molecule has 3 nitrogen and oxygen atoms in total. The Kier molecular flexibility index (Phi) is 3.79. The molecule has 0 radical (unpaired) electrons. The standard InChI is InChI=1S/C14H23N3/c1-14(7-3-4-13(14)15)11-17(2)10-12-5-8-16-9-6-12/h5-6,8-9,13H,3-4,7,10-11,15H2,1-2H3. The highest BCUT2D eigenvalue weighted by Crippen LogP contribution is 2.37. The SMILES string of the molecule is CN(Cc1ccncc1)CC1(C)CCCC1N. The van der Waals surface area contributed by atoms with Crippen LogP contribution in [0, 0.1) is 5.41 Å². The smallest absolute Gasteiger partial charge is 0.0271 e. The fourth-order valence-corrected chi connectivity index (χ4v) is 2.93. The fourth-order valence-electron chi connectivity index (χ4n) is 2.93. The minimum Gasteiger partial charge on any atom is -0.327 e. The van der Waals surface area contributed by atoms with E-state index in [1.807, 2.05) is 12.4 Å². The van der Waals surface area contributed by atoms with Crippen molar-refractivity contribution in [1.29, 1.82) is 0 Å². The maximum Gasteiger partial charge on any atom is 0.0271 e. The largest absolute Gasteiger partial charge is 0.327 e. The molecule has 2 N–H and O–H groups in total. The molecule has 2 atom stereocenters. The number of hydrogen-bond acceptors (Lipinski definition) is 3. The van der Waals surface area contributed by atoms with E-state index >= 15 is 0 Å². The molecule has 1 aromatic heterocycles. The monoisotopic (exact) mass is 233 g/mol. The molecular weight excluding hydrogens is 210 g/mol. The first-order valence-electron chi connectivity index (χ1n) is 6.43. The average Bonchev–Trinajstić information content (AvgIpc) is 2.60. The Morgan fingerprint density at radius 3 is 2.76 bits per heavy atom. The van der Waals surface area contributed by atoms with Gasteiger partial charge in [0.2, 0.25) is 0 Å². The van der Waals surface area contributed by atoms with Crippen LogP contribution in [0.3, 0.4) is 0 Å². The summed E-state index contributed by atoms with van der Waals surface area (Å²) in [6.45, 7) is 4.38. The molecule has 1 aliphatic rings. The van der Waals surface area contributed by atoms with E-state index in [1.54, 1.807) is 0 Å². The normalized spacial score (nSPS) is 28.8. The molecule has 3 heteroatoms. The van der Waals surface area contributed by atoms with Crippen LogP contribution in [-0.2, 0) is 6.54 Å². The molecule has 1 saturated carbocycles. The third kappa shape index (κ3) is 3.05. The quantitative estimate of drug-likeness (QED) is 0.865. The summed E-state index contributed by atoms with van der Waals surface area (Å²) in [5.74, 6) is 0. The van der Waals surface area contributed by atoms with Gasteiger partial charge in [0.1, 0.15) is 0 Å². The van der Waals surface area contributed by atoms with E-state index in [-0.39, 0.29) is 0 Å². The first-order valence-corrected chi connectivity index (χ1v) is 6.43. The summed E-state index contributed by atoms with van der Waals surface area (Å²) >= 11 is 0. The van der Waals surface area contributed by atoms with Gasteiger partial charge in [0, 0.05) is 31.5 Å². The van der Waals surface area contributed by atoms with Crippen molar-refractivity contribution in [2.45, 2.75) is 38.8 Å². The van der Waals surface area contributed by atoms with E-state index in [4.69, 9.17) is 5.73 Å². The van der Waals surface area contributed by atoms with Crippen molar-refractivity contribution in [2.24, 2.45) is 11.1 Å². The molecular formula is C14H23N3.